The van der Waals surface area contributed by atoms with Crippen molar-refractivity contribution in [2.45, 2.75) is 0 Å². The van der Waals surface area contributed by atoms with E-state index >= 15 is 0 Å². The summed E-state index contributed by atoms with van der Waals surface area (Å²) in [5.74, 6) is 1.59. The van der Waals surface area contributed by atoms with Crippen LogP contribution in [0, 0.1) is 0 Å². The highest BCUT2D eigenvalue weighted by atomic mass is 127. The van der Waals surface area contributed by atoms with Crippen LogP contribution in [0.5, 0.6) is 0 Å². The number of ether oxygens (including phenoxy) is 1. The molecule has 0 bridgehead atoms. The summed E-state index contributed by atoms with van der Waals surface area (Å²) in [5.41, 5.74) is 1.15. The van der Waals surface area contributed by atoms with E-state index in [1.165, 1.54) is 0 Å². The molecule has 1 heterocycles. The molecule has 3 heteroatoms. The number of benzene rings is 1. The second-order valence-corrected chi connectivity index (χ2v) is 3.70. The van der Waals surface area contributed by atoms with Crippen molar-refractivity contribution in [1.82, 2.24) is 0 Å². The van der Waals surface area contributed by atoms with Crippen LogP contribution >= 0.6 is 22.6 Å². The maximum Gasteiger partial charge on any atom is 0.214 e. The second-order valence-electron chi connectivity index (χ2n) is 3.08. The first-order chi connectivity index (χ1) is 7.38. The third-order valence-electron chi connectivity index (χ3n) is 1.97. The van der Waals surface area contributed by atoms with Gasteiger partial charge in [-0.05, 0) is 34.2 Å². The molecule has 1 aromatic rings. The van der Waals surface area contributed by atoms with Gasteiger partial charge in [0.05, 0.1) is 0 Å². The Bertz CT molecular complexity index is 421. The molecule has 1 aliphatic heterocycles. The first-order valence-corrected chi connectivity index (χ1v) is 5.88. The lowest BCUT2D eigenvalue weighted by molar-refractivity contribution is 0.444. The minimum Gasteiger partial charge on any atom is -0.441 e. The van der Waals surface area contributed by atoms with Crippen LogP contribution in [0.4, 0.5) is 0 Å². The lowest BCUT2D eigenvalue weighted by Crippen LogP contribution is -1.91. The minimum atomic E-state index is 0.650. The average Bonchev–Trinajstić information content (AvgIpc) is 2.76. The van der Waals surface area contributed by atoms with Crippen LogP contribution in [-0.2, 0) is 4.74 Å². The maximum atomic E-state index is 5.45. The summed E-state index contributed by atoms with van der Waals surface area (Å²) in [4.78, 5) is 4.24. The van der Waals surface area contributed by atoms with Gasteiger partial charge >= 0.3 is 0 Å². The number of rotatable bonds is 2. The van der Waals surface area contributed by atoms with Crippen LogP contribution in [0.15, 0.2) is 51.2 Å². The van der Waals surface area contributed by atoms with E-state index in [2.05, 4.69) is 27.6 Å². The quantitative estimate of drug-likeness (QED) is 0.767. The van der Waals surface area contributed by atoms with Crippen molar-refractivity contribution in [3.05, 3.63) is 51.8 Å². The molecular formula is C12H10INO. The van der Waals surface area contributed by atoms with Crippen LogP contribution < -0.4 is 0 Å². The van der Waals surface area contributed by atoms with E-state index in [9.17, 15) is 0 Å². The zero-order chi connectivity index (χ0) is 10.5. The Labute approximate surface area is 103 Å². The number of hydrogen-bond acceptors (Lipinski definition) is 2. The molecule has 0 N–H and O–H groups in total. The second kappa shape index (κ2) is 5.11. The molecule has 1 aromatic carbocycles. The lowest BCUT2D eigenvalue weighted by Gasteiger charge is -1.95. The van der Waals surface area contributed by atoms with E-state index < -0.39 is 0 Å². The molecule has 2 rings (SSSR count). The maximum absolute atomic E-state index is 5.45. The number of halogens is 1. The molecular weight excluding hydrogens is 301 g/mol. The fourth-order valence-electron chi connectivity index (χ4n) is 1.23. The monoisotopic (exact) mass is 311 g/mol. The predicted octanol–water partition coefficient (Wildman–Crippen LogP) is 3.40. The van der Waals surface area contributed by atoms with Crippen molar-refractivity contribution in [3.8, 4) is 0 Å². The smallest absolute Gasteiger partial charge is 0.214 e. The SMILES string of the molecule is I/C=C1\CN=C(/C=C/c2ccccc2)O1. The fourth-order valence-corrected chi connectivity index (χ4v) is 1.55. The molecule has 76 valence electrons. The van der Waals surface area contributed by atoms with Crippen molar-refractivity contribution in [2.75, 3.05) is 6.54 Å². The highest BCUT2D eigenvalue weighted by molar-refractivity contribution is 14.1. The van der Waals surface area contributed by atoms with Gasteiger partial charge in [0, 0.05) is 10.2 Å². The molecule has 0 atom stereocenters. The van der Waals surface area contributed by atoms with Gasteiger partial charge in [-0.3, -0.25) is 0 Å². The molecule has 0 unspecified atom stereocenters. The van der Waals surface area contributed by atoms with Gasteiger partial charge in [-0.1, -0.05) is 30.3 Å². The van der Waals surface area contributed by atoms with Crippen LogP contribution in [0.2, 0.25) is 0 Å². The molecule has 0 spiro atoms. The summed E-state index contributed by atoms with van der Waals surface area (Å²) in [6, 6.07) is 10.1. The molecule has 0 saturated heterocycles. The summed E-state index contributed by atoms with van der Waals surface area (Å²) in [6.45, 7) is 0.650. The Hall–Kier alpha value is -1.10. The third-order valence-corrected chi connectivity index (χ3v) is 2.66. The number of aliphatic imine (C=N–C) groups is 1. The van der Waals surface area contributed by atoms with E-state index in [0.717, 1.165) is 11.3 Å². The van der Waals surface area contributed by atoms with Crippen LogP contribution in [0.1, 0.15) is 5.56 Å². The standard InChI is InChI=1S/C12H10INO/c13-8-11-9-14-12(15-11)7-6-10-4-2-1-3-5-10/h1-8H,9H2/b7-6+,11-8+. The van der Waals surface area contributed by atoms with Gasteiger partial charge in [-0.25, -0.2) is 4.99 Å². The normalized spacial score (nSPS) is 18.2. The summed E-state index contributed by atoms with van der Waals surface area (Å²) < 4.78 is 7.36. The summed E-state index contributed by atoms with van der Waals surface area (Å²) in [6.07, 6.45) is 3.89. The molecule has 0 amide bonds. The Morgan fingerprint density at radius 3 is 2.67 bits per heavy atom. The topological polar surface area (TPSA) is 21.6 Å². The van der Waals surface area contributed by atoms with Crippen molar-refractivity contribution < 1.29 is 4.74 Å². The van der Waals surface area contributed by atoms with Crippen LogP contribution in [-0.4, -0.2) is 12.4 Å². The van der Waals surface area contributed by atoms with Gasteiger partial charge in [0.25, 0.3) is 0 Å². The highest BCUT2D eigenvalue weighted by Gasteiger charge is 2.08. The van der Waals surface area contributed by atoms with Gasteiger partial charge in [-0.2, -0.15) is 0 Å². The van der Waals surface area contributed by atoms with Gasteiger partial charge in [0.2, 0.25) is 5.90 Å². The zero-order valence-corrected chi connectivity index (χ0v) is 10.2. The molecule has 2 nitrogen and oxygen atoms in total. The van der Waals surface area contributed by atoms with E-state index in [1.807, 2.05) is 46.6 Å². The first kappa shape index (κ1) is 10.4. The van der Waals surface area contributed by atoms with Gasteiger partial charge in [0.1, 0.15) is 12.3 Å². The molecule has 1 aliphatic rings. The predicted molar refractivity (Wildman–Crippen MR) is 71.0 cm³/mol. The third kappa shape index (κ3) is 2.92. The van der Waals surface area contributed by atoms with Gasteiger partial charge in [-0.15, -0.1) is 0 Å². The van der Waals surface area contributed by atoms with Gasteiger partial charge in [0.15, 0.2) is 0 Å². The van der Waals surface area contributed by atoms with E-state index in [0.29, 0.717) is 12.4 Å². The van der Waals surface area contributed by atoms with E-state index in [4.69, 9.17) is 4.74 Å². The lowest BCUT2D eigenvalue weighted by atomic mass is 10.2. The first-order valence-electron chi connectivity index (χ1n) is 4.63. The molecule has 15 heavy (non-hydrogen) atoms. The molecule has 0 aliphatic carbocycles. The highest BCUT2D eigenvalue weighted by Crippen LogP contribution is 2.12. The average molecular weight is 311 g/mol. The summed E-state index contributed by atoms with van der Waals surface area (Å²) in [7, 11) is 0. The van der Waals surface area contributed by atoms with Crippen molar-refractivity contribution in [3.63, 3.8) is 0 Å². The molecule has 0 saturated carbocycles. The van der Waals surface area contributed by atoms with Gasteiger partial charge < -0.3 is 4.74 Å². The van der Waals surface area contributed by atoms with E-state index in [-0.39, 0.29) is 0 Å². The Morgan fingerprint density at radius 2 is 2.00 bits per heavy atom. The molecule has 0 fully saturated rings. The molecule has 0 aromatic heterocycles. The number of nitrogens with zero attached hydrogens (tertiary/aromatic N) is 1. The molecule has 0 radical (unpaired) electrons. The zero-order valence-electron chi connectivity index (χ0n) is 8.06. The van der Waals surface area contributed by atoms with Crippen LogP contribution in [0.25, 0.3) is 6.08 Å². The van der Waals surface area contributed by atoms with Crippen molar-refractivity contribution >= 4 is 34.6 Å². The van der Waals surface area contributed by atoms with Crippen molar-refractivity contribution in [2.24, 2.45) is 4.99 Å². The van der Waals surface area contributed by atoms with E-state index in [1.54, 1.807) is 0 Å². The summed E-state index contributed by atoms with van der Waals surface area (Å²) in [5, 5.41) is 0. The largest absolute Gasteiger partial charge is 0.441 e. The summed E-state index contributed by atoms with van der Waals surface area (Å²) >= 11 is 2.16. The van der Waals surface area contributed by atoms with Crippen molar-refractivity contribution in [1.29, 1.82) is 0 Å². The van der Waals surface area contributed by atoms with Crippen LogP contribution in [0.3, 0.4) is 0 Å². The Balaban J connectivity index is 2.02. The number of hydrogen-bond donors (Lipinski definition) is 0. The Morgan fingerprint density at radius 1 is 1.20 bits per heavy atom. The minimum absolute atomic E-state index is 0.650. The fraction of sp³-hybridized carbons (Fsp3) is 0.0833. The Kier molecular flexibility index (Phi) is 3.55.